The van der Waals surface area contributed by atoms with Crippen LogP contribution in [-0.2, 0) is 6.42 Å². The monoisotopic (exact) mass is 606 g/mol. The lowest BCUT2D eigenvalue weighted by atomic mass is 10.0. The van der Waals surface area contributed by atoms with E-state index in [9.17, 15) is 10.2 Å². The Morgan fingerprint density at radius 3 is 1.91 bits per heavy atom. The van der Waals surface area contributed by atoms with E-state index in [1.165, 1.54) is 16.7 Å². The zero-order valence-corrected chi connectivity index (χ0v) is 26.3. The van der Waals surface area contributed by atoms with Crippen LogP contribution in [0.15, 0.2) is 157 Å². The van der Waals surface area contributed by atoms with Crippen LogP contribution < -0.4 is 0 Å². The topological polar surface area (TPSA) is 40.5 Å². The van der Waals surface area contributed by atoms with Crippen molar-refractivity contribution in [3.8, 4) is 16.9 Å². The molecule has 5 rings (SSSR count). The SMILES string of the molecule is CC(/C=C(\C=C/CO)c1ccc(C/C=C/c2ccccc2)cc1)Sc1cc(-c2ccc(/C=C/c3ccccc3)cc2)ccc1O. The van der Waals surface area contributed by atoms with Crippen molar-refractivity contribution in [2.24, 2.45) is 0 Å². The molecular formula is C42H38O2S. The van der Waals surface area contributed by atoms with E-state index in [0.29, 0.717) is 0 Å². The van der Waals surface area contributed by atoms with Crippen LogP contribution in [0.25, 0.3) is 34.9 Å². The van der Waals surface area contributed by atoms with Crippen molar-refractivity contribution in [3.63, 3.8) is 0 Å². The van der Waals surface area contributed by atoms with Crippen LogP contribution >= 0.6 is 11.8 Å². The van der Waals surface area contributed by atoms with Gasteiger partial charge in [0.15, 0.2) is 0 Å². The molecule has 0 heterocycles. The summed E-state index contributed by atoms with van der Waals surface area (Å²) >= 11 is 1.61. The summed E-state index contributed by atoms with van der Waals surface area (Å²) in [6, 6.07) is 43.4. The van der Waals surface area contributed by atoms with Crippen LogP contribution in [0.4, 0.5) is 0 Å². The smallest absolute Gasteiger partial charge is 0.129 e. The summed E-state index contributed by atoms with van der Waals surface area (Å²) < 4.78 is 0. The Hall–Kier alpha value is -4.83. The van der Waals surface area contributed by atoms with E-state index in [1.807, 2.05) is 48.5 Å². The molecule has 0 saturated carbocycles. The lowest BCUT2D eigenvalue weighted by Crippen LogP contribution is -1.94. The summed E-state index contributed by atoms with van der Waals surface area (Å²) in [5.41, 5.74) is 9.01. The molecule has 0 radical (unpaired) electrons. The van der Waals surface area contributed by atoms with Crippen molar-refractivity contribution >= 4 is 35.6 Å². The van der Waals surface area contributed by atoms with Crippen molar-refractivity contribution in [2.75, 3.05) is 6.61 Å². The molecule has 5 aromatic carbocycles. The number of phenolic OH excluding ortho intramolecular Hbond substituents is 1. The largest absolute Gasteiger partial charge is 0.507 e. The highest BCUT2D eigenvalue weighted by atomic mass is 32.2. The summed E-state index contributed by atoms with van der Waals surface area (Å²) in [5, 5.41) is 20.3. The molecule has 0 saturated heterocycles. The molecule has 0 bridgehead atoms. The number of hydrogen-bond acceptors (Lipinski definition) is 3. The average molecular weight is 607 g/mol. The highest BCUT2D eigenvalue weighted by molar-refractivity contribution is 8.00. The van der Waals surface area contributed by atoms with Gasteiger partial charge in [0.25, 0.3) is 0 Å². The Labute approximate surface area is 271 Å². The van der Waals surface area contributed by atoms with Gasteiger partial charge in [-0.2, -0.15) is 0 Å². The van der Waals surface area contributed by atoms with Crippen molar-refractivity contribution < 1.29 is 10.2 Å². The Morgan fingerprint density at radius 2 is 1.27 bits per heavy atom. The minimum atomic E-state index is -0.0229. The second kappa shape index (κ2) is 16.3. The predicted octanol–water partition coefficient (Wildman–Crippen LogP) is 10.6. The van der Waals surface area contributed by atoms with Gasteiger partial charge in [-0.25, -0.2) is 0 Å². The van der Waals surface area contributed by atoms with Gasteiger partial charge in [-0.3, -0.25) is 0 Å². The summed E-state index contributed by atoms with van der Waals surface area (Å²) in [7, 11) is 0. The second-order valence-corrected chi connectivity index (χ2v) is 12.2. The van der Waals surface area contributed by atoms with E-state index in [0.717, 1.165) is 39.1 Å². The Bertz CT molecular complexity index is 1770. The molecule has 1 atom stereocenters. The average Bonchev–Trinajstić information content (AvgIpc) is 3.08. The molecule has 3 heteroatoms. The summed E-state index contributed by atoms with van der Waals surface area (Å²) in [5.74, 6) is 0.270. The van der Waals surface area contributed by atoms with Gasteiger partial charge in [0.05, 0.1) is 11.5 Å². The molecule has 45 heavy (non-hydrogen) atoms. The number of allylic oxidation sites excluding steroid dienone is 3. The fourth-order valence-electron chi connectivity index (χ4n) is 4.97. The zero-order chi connectivity index (χ0) is 31.3. The molecule has 0 aromatic heterocycles. The number of aliphatic hydroxyl groups is 1. The molecule has 2 N–H and O–H groups in total. The van der Waals surface area contributed by atoms with Crippen molar-refractivity contribution in [1.29, 1.82) is 0 Å². The quantitative estimate of drug-likeness (QED) is 0.0843. The first kappa shape index (κ1) is 31.6. The molecule has 224 valence electrons. The van der Waals surface area contributed by atoms with Crippen molar-refractivity contribution in [3.05, 3.63) is 180 Å². The molecule has 0 amide bonds. The minimum absolute atomic E-state index is 0.0229. The van der Waals surface area contributed by atoms with Gasteiger partial charge in [0.2, 0.25) is 0 Å². The van der Waals surface area contributed by atoms with Crippen LogP contribution in [0.2, 0.25) is 0 Å². The maximum Gasteiger partial charge on any atom is 0.129 e. The third-order valence-electron chi connectivity index (χ3n) is 7.35. The summed E-state index contributed by atoms with van der Waals surface area (Å²) in [4.78, 5) is 0.829. The van der Waals surface area contributed by atoms with Gasteiger partial charge >= 0.3 is 0 Å². The van der Waals surface area contributed by atoms with E-state index in [2.05, 4.69) is 116 Å². The lowest BCUT2D eigenvalue weighted by molar-refractivity contribution is 0.343. The molecule has 0 aliphatic rings. The Balaban J connectivity index is 1.27. The van der Waals surface area contributed by atoms with Gasteiger partial charge in [-0.1, -0.05) is 158 Å². The molecule has 0 spiro atoms. The predicted molar refractivity (Wildman–Crippen MR) is 194 cm³/mol. The number of aromatic hydroxyl groups is 1. The Morgan fingerprint density at radius 1 is 0.667 bits per heavy atom. The molecule has 2 nitrogen and oxygen atoms in total. The van der Waals surface area contributed by atoms with E-state index in [-0.39, 0.29) is 17.6 Å². The number of rotatable bonds is 12. The van der Waals surface area contributed by atoms with Gasteiger partial charge < -0.3 is 10.2 Å². The minimum Gasteiger partial charge on any atom is -0.507 e. The molecule has 0 aliphatic heterocycles. The number of phenols is 1. The first-order chi connectivity index (χ1) is 22.1. The highest BCUT2D eigenvalue weighted by Crippen LogP contribution is 2.36. The standard InChI is InChI=1S/C42H38O2S/c1-32(30-39(16-9-29-43)37-23-19-35(20-24-37)15-8-14-33-10-4-2-5-11-33)45-42-31-40(27-28-41(42)44)38-25-21-36(22-26-38)18-17-34-12-6-3-7-13-34/h2-14,16-28,30-32,43-44H,15,29H2,1H3/b14-8+,16-9-,18-17+,39-30+. The van der Waals surface area contributed by atoms with Crippen LogP contribution in [0, 0.1) is 0 Å². The summed E-state index contributed by atoms with van der Waals surface area (Å²) in [6.45, 7) is 2.10. The number of hydrogen-bond donors (Lipinski definition) is 2. The lowest BCUT2D eigenvalue weighted by Gasteiger charge is -2.13. The Kier molecular flexibility index (Phi) is 11.4. The first-order valence-corrected chi connectivity index (χ1v) is 16.1. The van der Waals surface area contributed by atoms with E-state index >= 15 is 0 Å². The zero-order valence-electron chi connectivity index (χ0n) is 25.5. The maximum atomic E-state index is 10.7. The molecule has 5 aromatic rings. The van der Waals surface area contributed by atoms with Gasteiger partial charge in [-0.15, -0.1) is 11.8 Å². The van der Waals surface area contributed by atoms with Gasteiger partial charge in [0.1, 0.15) is 5.75 Å². The third kappa shape index (κ3) is 9.58. The fourth-order valence-corrected chi connectivity index (χ4v) is 5.97. The van der Waals surface area contributed by atoms with E-state index in [1.54, 1.807) is 23.9 Å². The van der Waals surface area contributed by atoms with Gasteiger partial charge in [0, 0.05) is 5.25 Å². The number of benzene rings is 5. The number of aliphatic hydroxyl groups excluding tert-OH is 1. The molecule has 0 fully saturated rings. The third-order valence-corrected chi connectivity index (χ3v) is 8.44. The van der Waals surface area contributed by atoms with Crippen LogP contribution in [0.3, 0.4) is 0 Å². The molecular weight excluding hydrogens is 569 g/mol. The van der Waals surface area contributed by atoms with E-state index in [4.69, 9.17) is 0 Å². The van der Waals surface area contributed by atoms with Crippen LogP contribution in [0.1, 0.15) is 34.7 Å². The summed E-state index contributed by atoms with van der Waals surface area (Å²) in [6.07, 6.45) is 15.3. The number of thioether (sulfide) groups is 1. The highest BCUT2D eigenvalue weighted by Gasteiger charge is 2.11. The maximum absolute atomic E-state index is 10.7. The molecule has 0 aliphatic carbocycles. The normalized spacial score (nSPS) is 12.8. The van der Waals surface area contributed by atoms with Crippen molar-refractivity contribution in [1.82, 2.24) is 0 Å². The molecule has 1 unspecified atom stereocenters. The first-order valence-electron chi connectivity index (χ1n) is 15.2. The second-order valence-electron chi connectivity index (χ2n) is 10.8. The van der Waals surface area contributed by atoms with Crippen LogP contribution in [-0.4, -0.2) is 22.1 Å². The van der Waals surface area contributed by atoms with E-state index < -0.39 is 0 Å². The van der Waals surface area contributed by atoms with Gasteiger partial charge in [-0.05, 0) is 70.0 Å². The van der Waals surface area contributed by atoms with Crippen molar-refractivity contribution in [2.45, 2.75) is 23.5 Å². The fraction of sp³-hybridized carbons (Fsp3) is 0.0952. The van der Waals surface area contributed by atoms with Crippen LogP contribution in [0.5, 0.6) is 5.75 Å².